The molecule has 4 nitrogen and oxygen atoms in total. The van der Waals surface area contributed by atoms with Gasteiger partial charge < -0.3 is 4.90 Å². The summed E-state index contributed by atoms with van der Waals surface area (Å²) in [7, 11) is 2.19. The molecule has 110 valence electrons. The smallest absolute Gasteiger partial charge is 0.132 e. The van der Waals surface area contributed by atoms with Gasteiger partial charge in [0.2, 0.25) is 0 Å². The monoisotopic (exact) mass is 346 g/mol. The van der Waals surface area contributed by atoms with Crippen LogP contribution < -0.4 is 4.90 Å². The minimum Gasteiger partial charge on any atom is -0.353 e. The Balaban J connectivity index is 1.54. The Labute approximate surface area is 133 Å². The number of hydrogen-bond donors (Lipinski definition) is 0. The summed E-state index contributed by atoms with van der Waals surface area (Å²) >= 11 is 3.47. The van der Waals surface area contributed by atoms with Gasteiger partial charge in [-0.05, 0) is 31.7 Å². The predicted molar refractivity (Wildman–Crippen MR) is 88.4 cm³/mol. The van der Waals surface area contributed by atoms with Gasteiger partial charge in [-0.15, -0.1) is 0 Å². The standard InChI is InChI=1S/C16H19BrN4/c1-12-7-16(19-11-18-12)21-9-15(10-21)20(2)8-13-3-5-14(17)6-4-13/h3-7,11,15H,8-10H2,1-2H3. The number of hydrogen-bond acceptors (Lipinski definition) is 4. The van der Waals surface area contributed by atoms with Crippen LogP contribution in [0.2, 0.25) is 0 Å². The van der Waals surface area contributed by atoms with Crippen molar-refractivity contribution in [3.8, 4) is 0 Å². The van der Waals surface area contributed by atoms with E-state index in [1.807, 2.05) is 13.0 Å². The number of halogens is 1. The summed E-state index contributed by atoms with van der Waals surface area (Å²) < 4.78 is 1.13. The van der Waals surface area contributed by atoms with Crippen LogP contribution in [-0.2, 0) is 6.54 Å². The number of anilines is 1. The van der Waals surface area contributed by atoms with Crippen LogP contribution in [-0.4, -0.2) is 41.0 Å². The van der Waals surface area contributed by atoms with Crippen LogP contribution in [0.5, 0.6) is 0 Å². The van der Waals surface area contributed by atoms with E-state index >= 15 is 0 Å². The van der Waals surface area contributed by atoms with Crippen LogP contribution in [0.25, 0.3) is 0 Å². The largest absolute Gasteiger partial charge is 0.353 e. The zero-order chi connectivity index (χ0) is 14.8. The summed E-state index contributed by atoms with van der Waals surface area (Å²) in [5.74, 6) is 1.04. The fraction of sp³-hybridized carbons (Fsp3) is 0.375. The number of rotatable bonds is 4. The molecule has 0 amide bonds. The average molecular weight is 347 g/mol. The summed E-state index contributed by atoms with van der Waals surface area (Å²) in [6.07, 6.45) is 1.64. The lowest BCUT2D eigenvalue weighted by Crippen LogP contribution is -2.58. The minimum atomic E-state index is 0.587. The number of benzene rings is 1. The first-order chi connectivity index (χ1) is 10.1. The first-order valence-electron chi connectivity index (χ1n) is 7.10. The van der Waals surface area contributed by atoms with Gasteiger partial charge in [0.05, 0.1) is 0 Å². The van der Waals surface area contributed by atoms with Crippen molar-refractivity contribution in [1.82, 2.24) is 14.9 Å². The Morgan fingerprint density at radius 1 is 1.24 bits per heavy atom. The molecule has 1 aliphatic heterocycles. The maximum Gasteiger partial charge on any atom is 0.132 e. The Morgan fingerprint density at radius 3 is 2.62 bits per heavy atom. The number of nitrogens with zero attached hydrogens (tertiary/aromatic N) is 4. The molecule has 3 rings (SSSR count). The van der Waals surface area contributed by atoms with Gasteiger partial charge in [-0.2, -0.15) is 0 Å². The number of aromatic nitrogens is 2. The highest BCUT2D eigenvalue weighted by atomic mass is 79.9. The summed E-state index contributed by atoms with van der Waals surface area (Å²) in [6.45, 7) is 5.05. The molecule has 1 aromatic carbocycles. The van der Waals surface area contributed by atoms with E-state index in [4.69, 9.17) is 0 Å². The second-order valence-corrected chi connectivity index (χ2v) is 6.53. The highest BCUT2D eigenvalue weighted by molar-refractivity contribution is 9.10. The van der Waals surface area contributed by atoms with Gasteiger partial charge in [-0.3, -0.25) is 4.90 Å². The first kappa shape index (κ1) is 14.5. The highest BCUT2D eigenvalue weighted by Crippen LogP contribution is 2.22. The van der Waals surface area contributed by atoms with Crippen molar-refractivity contribution < 1.29 is 0 Å². The molecule has 21 heavy (non-hydrogen) atoms. The molecule has 0 bridgehead atoms. The molecule has 0 spiro atoms. The van der Waals surface area contributed by atoms with Crippen LogP contribution in [0.15, 0.2) is 41.1 Å². The zero-order valence-corrected chi connectivity index (χ0v) is 13.9. The molecule has 0 N–H and O–H groups in total. The quantitative estimate of drug-likeness (QED) is 0.851. The van der Waals surface area contributed by atoms with E-state index in [-0.39, 0.29) is 0 Å². The van der Waals surface area contributed by atoms with E-state index < -0.39 is 0 Å². The predicted octanol–water partition coefficient (Wildman–Crippen LogP) is 2.87. The summed E-state index contributed by atoms with van der Waals surface area (Å²) in [4.78, 5) is 13.2. The Hall–Kier alpha value is -1.46. The second-order valence-electron chi connectivity index (χ2n) is 5.62. The number of likely N-dealkylation sites (N-methyl/N-ethyl adjacent to an activating group) is 1. The van der Waals surface area contributed by atoms with Crippen molar-refractivity contribution in [3.05, 3.63) is 52.4 Å². The Bertz CT molecular complexity index is 608. The van der Waals surface area contributed by atoms with E-state index in [0.717, 1.165) is 35.6 Å². The summed E-state index contributed by atoms with van der Waals surface area (Å²) in [5.41, 5.74) is 2.36. The van der Waals surface area contributed by atoms with Crippen LogP contribution in [0.4, 0.5) is 5.82 Å². The van der Waals surface area contributed by atoms with E-state index in [1.54, 1.807) is 6.33 Å². The van der Waals surface area contributed by atoms with E-state index in [1.165, 1.54) is 5.56 Å². The van der Waals surface area contributed by atoms with Crippen LogP contribution in [0.1, 0.15) is 11.3 Å². The van der Waals surface area contributed by atoms with E-state index in [2.05, 4.69) is 67.0 Å². The van der Waals surface area contributed by atoms with Gasteiger partial charge in [-0.25, -0.2) is 9.97 Å². The molecule has 1 saturated heterocycles. The molecule has 2 heterocycles. The van der Waals surface area contributed by atoms with Crippen molar-refractivity contribution in [2.75, 3.05) is 25.0 Å². The van der Waals surface area contributed by atoms with Crippen molar-refractivity contribution in [2.45, 2.75) is 19.5 Å². The van der Waals surface area contributed by atoms with Crippen molar-refractivity contribution in [2.24, 2.45) is 0 Å². The first-order valence-corrected chi connectivity index (χ1v) is 7.89. The van der Waals surface area contributed by atoms with Gasteiger partial charge in [0, 0.05) is 41.9 Å². The lowest BCUT2D eigenvalue weighted by molar-refractivity contribution is 0.197. The van der Waals surface area contributed by atoms with Crippen LogP contribution in [0.3, 0.4) is 0 Å². The van der Waals surface area contributed by atoms with E-state index in [0.29, 0.717) is 6.04 Å². The fourth-order valence-corrected chi connectivity index (χ4v) is 2.81. The van der Waals surface area contributed by atoms with Crippen LogP contribution >= 0.6 is 15.9 Å². The maximum atomic E-state index is 4.34. The molecule has 1 aromatic heterocycles. The highest BCUT2D eigenvalue weighted by Gasteiger charge is 2.30. The molecular formula is C16H19BrN4. The lowest BCUT2D eigenvalue weighted by Gasteiger charge is -2.44. The molecule has 0 atom stereocenters. The molecule has 0 aliphatic carbocycles. The molecule has 0 unspecified atom stereocenters. The van der Waals surface area contributed by atoms with Gasteiger partial charge in [0.1, 0.15) is 12.1 Å². The van der Waals surface area contributed by atoms with Gasteiger partial charge >= 0.3 is 0 Å². The van der Waals surface area contributed by atoms with Gasteiger partial charge in [-0.1, -0.05) is 28.1 Å². The topological polar surface area (TPSA) is 32.3 Å². The van der Waals surface area contributed by atoms with Gasteiger partial charge in [0.15, 0.2) is 0 Å². The molecule has 0 radical (unpaired) electrons. The second kappa shape index (κ2) is 6.12. The third-order valence-electron chi connectivity index (χ3n) is 3.94. The van der Waals surface area contributed by atoms with Crippen molar-refractivity contribution in [1.29, 1.82) is 0 Å². The molecule has 0 saturated carbocycles. The Morgan fingerprint density at radius 2 is 1.95 bits per heavy atom. The molecule has 1 fully saturated rings. The normalized spacial score (nSPS) is 15.3. The molecule has 5 heteroatoms. The minimum absolute atomic E-state index is 0.587. The SMILES string of the molecule is Cc1cc(N2CC(N(C)Cc3ccc(Br)cc3)C2)ncn1. The maximum absolute atomic E-state index is 4.34. The number of aryl methyl sites for hydroxylation is 1. The zero-order valence-electron chi connectivity index (χ0n) is 12.3. The lowest BCUT2D eigenvalue weighted by atomic mass is 10.1. The van der Waals surface area contributed by atoms with Gasteiger partial charge in [0.25, 0.3) is 0 Å². The van der Waals surface area contributed by atoms with Crippen LogP contribution in [0, 0.1) is 6.92 Å². The summed E-state index contributed by atoms with van der Waals surface area (Å²) in [5, 5.41) is 0. The summed E-state index contributed by atoms with van der Waals surface area (Å²) in [6, 6.07) is 11.2. The third-order valence-corrected chi connectivity index (χ3v) is 4.47. The van der Waals surface area contributed by atoms with E-state index in [9.17, 15) is 0 Å². The average Bonchev–Trinajstić information content (AvgIpc) is 2.40. The van der Waals surface area contributed by atoms with Crippen molar-refractivity contribution in [3.63, 3.8) is 0 Å². The fourth-order valence-electron chi connectivity index (χ4n) is 2.54. The Kier molecular flexibility index (Phi) is 4.22. The molecular weight excluding hydrogens is 328 g/mol. The van der Waals surface area contributed by atoms with Crippen molar-refractivity contribution >= 4 is 21.7 Å². The molecule has 1 aliphatic rings. The third kappa shape index (κ3) is 3.41. The molecule has 2 aromatic rings.